The fourth-order valence-corrected chi connectivity index (χ4v) is 3.99. The third kappa shape index (κ3) is 11.7. The first kappa shape index (κ1) is 27.9. The van der Waals surface area contributed by atoms with E-state index in [1.54, 1.807) is 18.2 Å². The minimum absolute atomic E-state index is 0.245. The van der Waals surface area contributed by atoms with Gasteiger partial charge in [0.1, 0.15) is 11.5 Å². The van der Waals surface area contributed by atoms with Gasteiger partial charge in [0, 0.05) is 0 Å². The van der Waals surface area contributed by atoms with Gasteiger partial charge in [-0.3, -0.25) is 0 Å². The normalized spacial score (nSPS) is 11.5. The van der Waals surface area contributed by atoms with Crippen LogP contribution in [0, 0.1) is 0 Å². The highest BCUT2D eigenvalue weighted by atomic mass is 19.4. The first-order valence-corrected chi connectivity index (χ1v) is 12.8. The van der Waals surface area contributed by atoms with Crippen molar-refractivity contribution in [3.05, 3.63) is 42.5 Å². The summed E-state index contributed by atoms with van der Waals surface area (Å²) in [6.07, 6.45) is 12.2. The fourth-order valence-electron chi connectivity index (χ4n) is 3.99. The summed E-state index contributed by atoms with van der Waals surface area (Å²) in [6.45, 7) is 2.86. The molecule has 0 atom stereocenters. The molecule has 2 aromatic rings. The maximum atomic E-state index is 12.3. The summed E-state index contributed by atoms with van der Waals surface area (Å²) >= 11 is 0. The second-order valence-corrected chi connectivity index (χ2v) is 8.92. The predicted molar refractivity (Wildman–Crippen MR) is 134 cm³/mol. The van der Waals surface area contributed by atoms with Gasteiger partial charge in [-0.2, -0.15) is 0 Å². The van der Waals surface area contributed by atoms with Crippen molar-refractivity contribution in [2.45, 2.75) is 96.8 Å². The number of hydrogen-bond acceptors (Lipinski definition) is 3. The Labute approximate surface area is 202 Å². The van der Waals surface area contributed by atoms with Crippen LogP contribution in [0.3, 0.4) is 0 Å². The molecule has 0 aliphatic carbocycles. The second kappa shape index (κ2) is 15.5. The Morgan fingerprint density at radius 3 is 1.71 bits per heavy atom. The van der Waals surface area contributed by atoms with Gasteiger partial charge in [-0.1, -0.05) is 102 Å². The highest BCUT2D eigenvalue weighted by molar-refractivity contribution is 5.70. The molecule has 0 saturated heterocycles. The Hall–Kier alpha value is -2.37. The van der Waals surface area contributed by atoms with Crippen LogP contribution < -0.4 is 15.2 Å². The van der Waals surface area contributed by atoms with E-state index in [2.05, 4.69) is 11.7 Å². The van der Waals surface area contributed by atoms with E-state index < -0.39 is 6.36 Å². The van der Waals surface area contributed by atoms with Gasteiger partial charge in [-0.05, 0) is 41.8 Å². The molecular formula is C28H40F3NO2. The highest BCUT2D eigenvalue weighted by Gasteiger charge is 2.30. The molecule has 34 heavy (non-hydrogen) atoms. The number of ether oxygens (including phenoxy) is 2. The van der Waals surface area contributed by atoms with Crippen molar-refractivity contribution in [2.75, 3.05) is 12.3 Å². The van der Waals surface area contributed by atoms with Crippen LogP contribution in [-0.4, -0.2) is 13.0 Å². The number of nitrogens with two attached hydrogens (primary N) is 1. The van der Waals surface area contributed by atoms with Gasteiger partial charge in [-0.15, -0.1) is 13.2 Å². The first-order chi connectivity index (χ1) is 16.4. The minimum atomic E-state index is -4.70. The number of anilines is 1. The molecule has 2 rings (SSSR count). The van der Waals surface area contributed by atoms with E-state index in [1.165, 1.54) is 82.8 Å². The molecule has 0 radical (unpaired) electrons. The molecule has 0 aliphatic heterocycles. The van der Waals surface area contributed by atoms with Gasteiger partial charge in [0.2, 0.25) is 0 Å². The molecule has 6 heteroatoms. The molecule has 0 heterocycles. The molecule has 2 aromatic carbocycles. The number of alkyl halides is 3. The van der Waals surface area contributed by atoms with Crippen molar-refractivity contribution < 1.29 is 22.6 Å². The first-order valence-electron chi connectivity index (χ1n) is 12.8. The lowest BCUT2D eigenvalue weighted by Gasteiger charge is -2.12. The van der Waals surface area contributed by atoms with Crippen LogP contribution in [0.2, 0.25) is 0 Å². The van der Waals surface area contributed by atoms with Crippen LogP contribution in [0.15, 0.2) is 42.5 Å². The van der Waals surface area contributed by atoms with Crippen LogP contribution >= 0.6 is 0 Å². The van der Waals surface area contributed by atoms with Crippen molar-refractivity contribution in [1.82, 2.24) is 0 Å². The Balaban J connectivity index is 1.62. The smallest absolute Gasteiger partial charge is 0.491 e. The van der Waals surface area contributed by atoms with Crippen LogP contribution in [0.4, 0.5) is 18.9 Å². The Morgan fingerprint density at radius 2 is 1.18 bits per heavy atom. The van der Waals surface area contributed by atoms with Crippen LogP contribution in [0.1, 0.15) is 90.4 Å². The van der Waals surface area contributed by atoms with E-state index >= 15 is 0 Å². The zero-order valence-electron chi connectivity index (χ0n) is 20.5. The quantitative estimate of drug-likeness (QED) is 0.182. The van der Waals surface area contributed by atoms with Crippen LogP contribution in [0.25, 0.3) is 11.1 Å². The molecule has 0 spiro atoms. The third-order valence-corrected chi connectivity index (χ3v) is 5.94. The SMILES string of the molecule is CCCCCCCCCCCCCCCOc1cc(-c2ccc(OC(F)(F)F)cc2)ccc1N. The summed E-state index contributed by atoms with van der Waals surface area (Å²) < 4.78 is 46.8. The largest absolute Gasteiger partial charge is 0.573 e. The summed E-state index contributed by atoms with van der Waals surface area (Å²) in [4.78, 5) is 0. The number of benzene rings is 2. The van der Waals surface area contributed by atoms with Crippen molar-refractivity contribution in [3.8, 4) is 22.6 Å². The molecule has 3 nitrogen and oxygen atoms in total. The fraction of sp³-hybridized carbons (Fsp3) is 0.571. The van der Waals surface area contributed by atoms with E-state index in [-0.39, 0.29) is 5.75 Å². The molecule has 0 aromatic heterocycles. The monoisotopic (exact) mass is 479 g/mol. The summed E-state index contributed by atoms with van der Waals surface area (Å²) in [5.74, 6) is 0.359. The highest BCUT2D eigenvalue weighted by Crippen LogP contribution is 2.31. The number of rotatable bonds is 17. The lowest BCUT2D eigenvalue weighted by atomic mass is 10.0. The van der Waals surface area contributed by atoms with Gasteiger partial charge in [-0.25, -0.2) is 0 Å². The second-order valence-electron chi connectivity index (χ2n) is 8.92. The van der Waals surface area contributed by atoms with Gasteiger partial charge in [0.15, 0.2) is 0 Å². The zero-order chi connectivity index (χ0) is 24.7. The molecule has 0 saturated carbocycles. The molecule has 0 amide bonds. The standard InChI is InChI=1S/C28H40F3NO2/c1-2-3-4-5-6-7-8-9-10-11-12-13-14-21-33-27-22-24(17-20-26(27)32)23-15-18-25(19-16-23)34-28(29,30)31/h15-20,22H,2-14,21,32H2,1H3. The number of nitrogen functional groups attached to an aromatic ring is 1. The zero-order valence-corrected chi connectivity index (χ0v) is 20.5. The van der Waals surface area contributed by atoms with Crippen molar-refractivity contribution in [3.63, 3.8) is 0 Å². The summed E-state index contributed by atoms with van der Waals surface area (Å²) in [5, 5.41) is 0. The Bertz CT molecular complexity index is 806. The average molecular weight is 480 g/mol. The van der Waals surface area contributed by atoms with Crippen LogP contribution in [0.5, 0.6) is 11.5 Å². The van der Waals surface area contributed by atoms with Crippen molar-refractivity contribution in [1.29, 1.82) is 0 Å². The van der Waals surface area contributed by atoms with Crippen molar-refractivity contribution >= 4 is 5.69 Å². The summed E-state index contributed by atoms with van der Waals surface area (Å²) in [5.41, 5.74) is 8.19. The summed E-state index contributed by atoms with van der Waals surface area (Å²) in [7, 11) is 0. The van der Waals surface area contributed by atoms with Crippen LogP contribution in [-0.2, 0) is 0 Å². The maximum Gasteiger partial charge on any atom is 0.573 e. The van der Waals surface area contributed by atoms with E-state index in [0.29, 0.717) is 18.0 Å². The molecule has 2 N–H and O–H groups in total. The maximum absolute atomic E-state index is 12.3. The van der Waals surface area contributed by atoms with E-state index in [4.69, 9.17) is 10.5 Å². The summed E-state index contributed by atoms with van der Waals surface area (Å²) in [6, 6.07) is 11.2. The molecule has 0 bridgehead atoms. The van der Waals surface area contributed by atoms with Gasteiger partial charge >= 0.3 is 6.36 Å². The molecular weight excluding hydrogens is 439 g/mol. The lowest BCUT2D eigenvalue weighted by Crippen LogP contribution is -2.16. The van der Waals surface area contributed by atoms with Gasteiger partial charge in [0.25, 0.3) is 0 Å². The lowest BCUT2D eigenvalue weighted by molar-refractivity contribution is -0.274. The molecule has 0 fully saturated rings. The van der Waals surface area contributed by atoms with Gasteiger partial charge < -0.3 is 15.2 Å². The minimum Gasteiger partial charge on any atom is -0.491 e. The number of unbranched alkanes of at least 4 members (excludes halogenated alkanes) is 12. The molecule has 0 aliphatic rings. The number of hydrogen-bond donors (Lipinski definition) is 1. The van der Waals surface area contributed by atoms with E-state index in [9.17, 15) is 13.2 Å². The Kier molecular flexibility index (Phi) is 12.7. The molecule has 0 unspecified atom stereocenters. The number of halogens is 3. The van der Waals surface area contributed by atoms with E-state index in [1.807, 2.05) is 12.1 Å². The van der Waals surface area contributed by atoms with Crippen molar-refractivity contribution in [2.24, 2.45) is 0 Å². The average Bonchev–Trinajstić information content (AvgIpc) is 2.80. The van der Waals surface area contributed by atoms with E-state index in [0.717, 1.165) is 24.0 Å². The van der Waals surface area contributed by atoms with Gasteiger partial charge in [0.05, 0.1) is 12.3 Å². The Morgan fingerprint density at radius 1 is 0.676 bits per heavy atom. The molecule has 190 valence electrons. The predicted octanol–water partition coefficient (Wildman–Crippen LogP) is 9.30. The topological polar surface area (TPSA) is 44.5 Å². The third-order valence-electron chi connectivity index (χ3n) is 5.94.